The summed E-state index contributed by atoms with van der Waals surface area (Å²) in [7, 11) is -3.38. The highest BCUT2D eigenvalue weighted by molar-refractivity contribution is 7.91. The van der Waals surface area contributed by atoms with Crippen LogP contribution in [0.2, 0.25) is 0 Å². The van der Waals surface area contributed by atoms with Crippen LogP contribution in [0.25, 0.3) is 22.3 Å². The molecule has 0 atom stereocenters. The third kappa shape index (κ3) is 3.97. The van der Waals surface area contributed by atoms with Crippen molar-refractivity contribution in [1.29, 1.82) is 0 Å². The van der Waals surface area contributed by atoms with Gasteiger partial charge < -0.3 is 9.15 Å². The molecule has 0 amide bonds. The first kappa shape index (κ1) is 17.0. The highest BCUT2D eigenvalue weighted by atomic mass is 32.2. The summed E-state index contributed by atoms with van der Waals surface area (Å²) in [5.74, 6) is 0.129. The third-order valence-electron chi connectivity index (χ3n) is 3.54. The van der Waals surface area contributed by atoms with Gasteiger partial charge in [-0.25, -0.2) is 8.42 Å². The maximum absolute atomic E-state index is 12.3. The van der Waals surface area contributed by atoms with E-state index in [1.807, 2.05) is 30.3 Å². The Morgan fingerprint density at radius 2 is 1.84 bits per heavy atom. The Hall–Kier alpha value is -2.86. The summed E-state index contributed by atoms with van der Waals surface area (Å²) in [6.07, 6.45) is 1.31. The predicted octanol–water partition coefficient (Wildman–Crippen LogP) is 3.40. The third-order valence-corrected chi connectivity index (χ3v) is 4.76. The Kier molecular flexibility index (Phi) is 4.72. The van der Waals surface area contributed by atoms with Crippen LogP contribution in [0.1, 0.15) is 0 Å². The number of hydrogen-bond donors (Lipinski definition) is 0. The summed E-state index contributed by atoms with van der Waals surface area (Å²) in [5, 5.41) is 0.404. The molecule has 0 unspecified atom stereocenters. The summed E-state index contributed by atoms with van der Waals surface area (Å²) in [5.41, 5.74) is 0.942. The summed E-state index contributed by atoms with van der Waals surface area (Å²) >= 11 is 0. The van der Waals surface area contributed by atoms with Gasteiger partial charge in [0.05, 0.1) is 11.1 Å². The molecular formula is C19H16O5S. The molecule has 5 nitrogen and oxygen atoms in total. The van der Waals surface area contributed by atoms with Crippen LogP contribution in [0, 0.1) is 0 Å². The average Bonchev–Trinajstić information content (AvgIpc) is 2.60. The summed E-state index contributed by atoms with van der Waals surface area (Å²) < 4.78 is 34.5. The van der Waals surface area contributed by atoms with Gasteiger partial charge in [-0.3, -0.25) is 4.79 Å². The zero-order valence-electron chi connectivity index (χ0n) is 13.3. The van der Waals surface area contributed by atoms with Crippen molar-refractivity contribution in [3.63, 3.8) is 0 Å². The second-order valence-electron chi connectivity index (χ2n) is 5.46. The van der Waals surface area contributed by atoms with E-state index in [9.17, 15) is 13.2 Å². The van der Waals surface area contributed by atoms with Gasteiger partial charge in [-0.05, 0) is 12.1 Å². The van der Waals surface area contributed by atoms with E-state index in [0.717, 1.165) is 5.56 Å². The molecule has 3 rings (SSSR count). The van der Waals surface area contributed by atoms with Crippen LogP contribution < -0.4 is 10.2 Å². The normalized spacial score (nSPS) is 11.4. The topological polar surface area (TPSA) is 73.6 Å². The van der Waals surface area contributed by atoms with Crippen molar-refractivity contribution >= 4 is 20.8 Å². The predicted molar refractivity (Wildman–Crippen MR) is 97.4 cm³/mol. The van der Waals surface area contributed by atoms with E-state index in [2.05, 4.69) is 6.58 Å². The van der Waals surface area contributed by atoms with Crippen LogP contribution in [0.15, 0.2) is 76.5 Å². The molecule has 0 aliphatic heterocycles. The SMILES string of the molecule is C=CCS(=O)(=O)COc1ccc2c(=O)cc(-c3ccccc3)oc2c1. The van der Waals surface area contributed by atoms with E-state index < -0.39 is 15.8 Å². The van der Waals surface area contributed by atoms with Gasteiger partial charge >= 0.3 is 0 Å². The number of benzene rings is 2. The number of rotatable bonds is 6. The van der Waals surface area contributed by atoms with Crippen LogP contribution in [0.3, 0.4) is 0 Å². The van der Waals surface area contributed by atoms with Gasteiger partial charge in [-0.2, -0.15) is 0 Å². The largest absolute Gasteiger partial charge is 0.478 e. The van der Waals surface area contributed by atoms with E-state index in [-0.39, 0.29) is 11.2 Å². The smallest absolute Gasteiger partial charge is 0.193 e. The lowest BCUT2D eigenvalue weighted by Crippen LogP contribution is -2.14. The molecule has 6 heteroatoms. The van der Waals surface area contributed by atoms with Crippen molar-refractivity contribution in [2.75, 3.05) is 11.7 Å². The highest BCUT2D eigenvalue weighted by Crippen LogP contribution is 2.25. The molecule has 0 N–H and O–H groups in total. The molecule has 0 radical (unpaired) electrons. The fourth-order valence-corrected chi connectivity index (χ4v) is 3.13. The Morgan fingerprint density at radius 3 is 2.56 bits per heavy atom. The van der Waals surface area contributed by atoms with Crippen molar-refractivity contribution in [3.8, 4) is 17.1 Å². The van der Waals surface area contributed by atoms with E-state index in [1.54, 1.807) is 12.1 Å². The van der Waals surface area contributed by atoms with E-state index in [4.69, 9.17) is 9.15 Å². The van der Waals surface area contributed by atoms with Crippen LogP contribution in [0.5, 0.6) is 5.75 Å². The molecular weight excluding hydrogens is 340 g/mol. The maximum atomic E-state index is 12.3. The average molecular weight is 356 g/mol. The van der Waals surface area contributed by atoms with Crippen LogP contribution in [-0.2, 0) is 9.84 Å². The van der Waals surface area contributed by atoms with Crippen molar-refractivity contribution in [3.05, 3.63) is 77.5 Å². The Balaban J connectivity index is 1.96. The molecule has 128 valence electrons. The quantitative estimate of drug-likeness (QED) is 0.633. The van der Waals surface area contributed by atoms with Gasteiger partial charge in [0.15, 0.2) is 21.2 Å². The number of ether oxygens (including phenoxy) is 1. The van der Waals surface area contributed by atoms with Crippen LogP contribution >= 0.6 is 0 Å². The second kappa shape index (κ2) is 6.94. The van der Waals surface area contributed by atoms with Crippen LogP contribution in [-0.4, -0.2) is 20.1 Å². The fraction of sp³-hybridized carbons (Fsp3) is 0.105. The maximum Gasteiger partial charge on any atom is 0.193 e. The van der Waals surface area contributed by atoms with Gasteiger partial charge in [0, 0.05) is 17.7 Å². The lowest BCUT2D eigenvalue weighted by Gasteiger charge is -2.08. The fourth-order valence-electron chi connectivity index (χ4n) is 2.36. The van der Waals surface area contributed by atoms with Crippen molar-refractivity contribution in [1.82, 2.24) is 0 Å². The minimum Gasteiger partial charge on any atom is -0.478 e. The van der Waals surface area contributed by atoms with Crippen LogP contribution in [0.4, 0.5) is 0 Å². The second-order valence-corrected chi connectivity index (χ2v) is 7.52. The van der Waals surface area contributed by atoms with Gasteiger partial charge in [0.2, 0.25) is 0 Å². The number of fused-ring (bicyclic) bond motifs is 1. The van der Waals surface area contributed by atoms with Crippen molar-refractivity contribution in [2.45, 2.75) is 0 Å². The Bertz CT molecular complexity index is 1070. The monoisotopic (exact) mass is 356 g/mol. The Morgan fingerprint density at radius 1 is 1.08 bits per heavy atom. The van der Waals surface area contributed by atoms with Gasteiger partial charge in [-0.1, -0.05) is 36.4 Å². The molecule has 25 heavy (non-hydrogen) atoms. The number of sulfone groups is 1. The summed E-state index contributed by atoms with van der Waals surface area (Å²) in [6, 6.07) is 15.3. The minimum atomic E-state index is -3.38. The van der Waals surface area contributed by atoms with E-state index in [0.29, 0.717) is 22.5 Å². The van der Waals surface area contributed by atoms with E-state index >= 15 is 0 Å². The molecule has 0 spiro atoms. The molecule has 0 saturated carbocycles. The first-order valence-corrected chi connectivity index (χ1v) is 9.38. The molecule has 2 aromatic carbocycles. The molecule has 0 bridgehead atoms. The zero-order chi connectivity index (χ0) is 17.9. The number of hydrogen-bond acceptors (Lipinski definition) is 5. The highest BCUT2D eigenvalue weighted by Gasteiger charge is 2.11. The summed E-state index contributed by atoms with van der Waals surface area (Å²) in [4.78, 5) is 12.3. The molecule has 0 aliphatic carbocycles. The molecule has 0 aliphatic rings. The van der Waals surface area contributed by atoms with Crippen molar-refractivity contribution < 1.29 is 17.6 Å². The lowest BCUT2D eigenvalue weighted by atomic mass is 10.1. The summed E-state index contributed by atoms with van der Waals surface area (Å²) in [6.45, 7) is 3.41. The molecule has 3 aromatic rings. The molecule has 1 heterocycles. The zero-order valence-corrected chi connectivity index (χ0v) is 14.2. The van der Waals surface area contributed by atoms with Crippen molar-refractivity contribution in [2.24, 2.45) is 0 Å². The van der Waals surface area contributed by atoms with E-state index in [1.165, 1.54) is 18.2 Å². The molecule has 0 saturated heterocycles. The first-order chi connectivity index (χ1) is 12.0. The first-order valence-electron chi connectivity index (χ1n) is 7.56. The molecule has 1 aromatic heterocycles. The Labute approximate surface area is 145 Å². The van der Waals surface area contributed by atoms with Gasteiger partial charge in [0.25, 0.3) is 0 Å². The minimum absolute atomic E-state index is 0.159. The molecule has 0 fully saturated rings. The van der Waals surface area contributed by atoms with Gasteiger partial charge in [0.1, 0.15) is 17.1 Å². The standard InChI is InChI=1S/C19H16O5S/c1-2-10-25(21,22)13-23-15-8-9-16-17(20)12-18(24-19(16)11-15)14-6-4-3-5-7-14/h2-9,11-12H,1,10,13H2. The lowest BCUT2D eigenvalue weighted by molar-refractivity contribution is 0.377. The van der Waals surface area contributed by atoms with Gasteiger partial charge in [-0.15, -0.1) is 6.58 Å².